The van der Waals surface area contributed by atoms with Gasteiger partial charge in [0.2, 0.25) is 5.91 Å². The fraction of sp³-hybridized carbons (Fsp3) is 0.333. The van der Waals surface area contributed by atoms with Gasteiger partial charge in [-0.3, -0.25) is 4.79 Å². The molecule has 1 N–H and O–H groups in total. The second kappa shape index (κ2) is 12.9. The summed E-state index contributed by atoms with van der Waals surface area (Å²) in [6.07, 6.45) is -0.357. The molecule has 0 aliphatic carbocycles. The summed E-state index contributed by atoms with van der Waals surface area (Å²) in [7, 11) is 1.27. The van der Waals surface area contributed by atoms with Gasteiger partial charge in [-0.25, -0.2) is 9.18 Å². The zero-order chi connectivity index (χ0) is 29.7. The van der Waals surface area contributed by atoms with Crippen LogP contribution in [0.5, 0.6) is 5.75 Å². The number of nitrogens with one attached hydrogen (secondary N) is 1. The maximum absolute atomic E-state index is 13.4. The molecule has 41 heavy (non-hydrogen) atoms. The number of carbonyl (C=O) groups excluding carboxylic acids is 2. The van der Waals surface area contributed by atoms with Crippen molar-refractivity contribution in [3.8, 4) is 16.9 Å². The van der Waals surface area contributed by atoms with E-state index in [9.17, 15) is 14.0 Å². The Morgan fingerprint density at radius 2 is 1.78 bits per heavy atom. The van der Waals surface area contributed by atoms with E-state index in [0.717, 1.165) is 5.75 Å². The Morgan fingerprint density at radius 3 is 2.39 bits per heavy atom. The topological polar surface area (TPSA) is 95.3 Å². The van der Waals surface area contributed by atoms with Crippen molar-refractivity contribution in [1.29, 1.82) is 0 Å². The van der Waals surface area contributed by atoms with Crippen LogP contribution in [0.1, 0.15) is 62.5 Å². The molecule has 2 heterocycles. The standard InChI is InChI=1S/C30H33FN4O4S2/c1-7-35-26(18(2)39-22-14-10-20(11-15-22)30(3,4)5)33-34-29(35)41-17-24(36)32-27-25(28(37)38-6)23(16-40-27)19-8-12-21(31)13-9-19/h8-16,18H,7,17H2,1-6H3,(H,32,36). The van der Waals surface area contributed by atoms with Gasteiger partial charge in [0.1, 0.15) is 22.1 Å². The van der Waals surface area contributed by atoms with Gasteiger partial charge < -0.3 is 19.4 Å². The quantitative estimate of drug-likeness (QED) is 0.154. The summed E-state index contributed by atoms with van der Waals surface area (Å²) in [6, 6.07) is 13.8. The zero-order valence-corrected chi connectivity index (χ0v) is 25.5. The molecule has 1 atom stereocenters. The van der Waals surface area contributed by atoms with Crippen molar-refractivity contribution in [3.63, 3.8) is 0 Å². The summed E-state index contributed by atoms with van der Waals surface area (Å²) in [6.45, 7) is 11.0. The number of amides is 1. The molecule has 8 nitrogen and oxygen atoms in total. The van der Waals surface area contributed by atoms with Gasteiger partial charge in [0, 0.05) is 17.5 Å². The van der Waals surface area contributed by atoms with Gasteiger partial charge in [-0.2, -0.15) is 0 Å². The number of thiophene rings is 1. The molecule has 0 saturated carbocycles. The number of hydrogen-bond donors (Lipinski definition) is 1. The maximum atomic E-state index is 13.4. The van der Waals surface area contributed by atoms with Crippen LogP contribution in [-0.4, -0.2) is 39.5 Å². The molecule has 2 aromatic carbocycles. The number of rotatable bonds is 10. The highest BCUT2D eigenvalue weighted by molar-refractivity contribution is 7.99. The highest BCUT2D eigenvalue weighted by Gasteiger charge is 2.24. The van der Waals surface area contributed by atoms with Gasteiger partial charge in [-0.1, -0.05) is 56.8 Å². The van der Waals surface area contributed by atoms with Crippen molar-refractivity contribution >= 4 is 40.0 Å². The number of esters is 1. The van der Waals surface area contributed by atoms with Gasteiger partial charge in [-0.05, 0) is 54.7 Å². The number of benzene rings is 2. The number of halogens is 1. The molecular weight excluding hydrogens is 563 g/mol. The molecule has 4 rings (SSSR count). The van der Waals surface area contributed by atoms with Crippen molar-refractivity contribution in [2.24, 2.45) is 0 Å². The van der Waals surface area contributed by atoms with Crippen LogP contribution in [0.4, 0.5) is 9.39 Å². The fourth-order valence-electron chi connectivity index (χ4n) is 4.18. The number of thioether (sulfide) groups is 1. The third-order valence-electron chi connectivity index (χ3n) is 6.38. The van der Waals surface area contributed by atoms with E-state index in [1.54, 1.807) is 17.5 Å². The maximum Gasteiger partial charge on any atom is 0.341 e. The molecular formula is C30H33FN4O4S2. The molecule has 4 aromatic rings. The third-order valence-corrected chi connectivity index (χ3v) is 8.24. The van der Waals surface area contributed by atoms with Gasteiger partial charge in [0.15, 0.2) is 17.1 Å². The first-order valence-corrected chi connectivity index (χ1v) is 15.0. The Labute approximate surface area is 247 Å². The predicted molar refractivity (Wildman–Crippen MR) is 160 cm³/mol. The molecule has 216 valence electrons. The predicted octanol–water partition coefficient (Wildman–Crippen LogP) is 7.12. The van der Waals surface area contributed by atoms with Crippen LogP contribution in [0.25, 0.3) is 11.1 Å². The molecule has 1 amide bonds. The first-order valence-electron chi connectivity index (χ1n) is 13.1. The number of nitrogens with zero attached hydrogens (tertiary/aromatic N) is 3. The van der Waals surface area contributed by atoms with E-state index in [1.165, 1.54) is 47.9 Å². The van der Waals surface area contributed by atoms with E-state index in [1.807, 2.05) is 30.5 Å². The van der Waals surface area contributed by atoms with Crippen LogP contribution in [0, 0.1) is 5.82 Å². The molecule has 0 saturated heterocycles. The van der Waals surface area contributed by atoms with Crippen LogP contribution in [0.3, 0.4) is 0 Å². The normalized spacial score (nSPS) is 12.2. The van der Waals surface area contributed by atoms with E-state index in [0.29, 0.717) is 33.7 Å². The lowest BCUT2D eigenvalue weighted by atomic mass is 9.87. The summed E-state index contributed by atoms with van der Waals surface area (Å²) in [5, 5.41) is 14.1. The average molecular weight is 597 g/mol. The van der Waals surface area contributed by atoms with Crippen LogP contribution in [0.2, 0.25) is 0 Å². The third kappa shape index (κ3) is 7.15. The molecule has 0 spiro atoms. The summed E-state index contributed by atoms with van der Waals surface area (Å²) in [5.74, 6) is 0.154. The molecule has 0 bridgehead atoms. The Kier molecular flexibility index (Phi) is 9.49. The average Bonchev–Trinajstić information content (AvgIpc) is 3.55. The monoisotopic (exact) mass is 596 g/mol. The molecule has 0 radical (unpaired) electrons. The Bertz CT molecular complexity index is 1510. The smallest absolute Gasteiger partial charge is 0.341 e. The number of anilines is 1. The SMILES string of the molecule is CCn1c(SCC(=O)Nc2scc(-c3ccc(F)cc3)c2C(=O)OC)nnc1C(C)Oc1ccc(C(C)(C)C)cc1. The zero-order valence-electron chi connectivity index (χ0n) is 23.9. The summed E-state index contributed by atoms with van der Waals surface area (Å²) < 4.78 is 26.4. The minimum Gasteiger partial charge on any atom is -0.483 e. The lowest BCUT2D eigenvalue weighted by molar-refractivity contribution is -0.113. The minimum absolute atomic E-state index is 0.0476. The Balaban J connectivity index is 1.43. The van der Waals surface area contributed by atoms with Crippen LogP contribution in [-0.2, 0) is 21.5 Å². The van der Waals surface area contributed by atoms with Crippen LogP contribution < -0.4 is 10.1 Å². The molecule has 11 heteroatoms. The Morgan fingerprint density at radius 1 is 1.10 bits per heavy atom. The Hall–Kier alpha value is -3.70. The van der Waals surface area contributed by atoms with Gasteiger partial charge >= 0.3 is 5.97 Å². The van der Waals surface area contributed by atoms with Gasteiger partial charge in [0.05, 0.1) is 12.9 Å². The number of carbonyl (C=O) groups is 2. The van der Waals surface area contributed by atoms with E-state index < -0.39 is 5.97 Å². The van der Waals surface area contributed by atoms with Crippen molar-refractivity contribution in [3.05, 3.63) is 76.7 Å². The summed E-state index contributed by atoms with van der Waals surface area (Å²) >= 11 is 2.44. The number of ether oxygens (including phenoxy) is 2. The van der Waals surface area contributed by atoms with Gasteiger partial charge in [0.25, 0.3) is 0 Å². The van der Waals surface area contributed by atoms with Crippen molar-refractivity contribution < 1.29 is 23.5 Å². The van der Waals surface area contributed by atoms with Crippen molar-refractivity contribution in [2.75, 3.05) is 18.2 Å². The van der Waals surface area contributed by atoms with E-state index in [4.69, 9.17) is 9.47 Å². The highest BCUT2D eigenvalue weighted by Crippen LogP contribution is 2.36. The minimum atomic E-state index is -0.592. The molecule has 0 aliphatic rings. The lowest BCUT2D eigenvalue weighted by Gasteiger charge is -2.20. The largest absolute Gasteiger partial charge is 0.483 e. The summed E-state index contributed by atoms with van der Waals surface area (Å²) in [5.41, 5.74) is 2.70. The molecule has 1 unspecified atom stereocenters. The van der Waals surface area contributed by atoms with Gasteiger partial charge in [-0.15, -0.1) is 21.5 Å². The van der Waals surface area contributed by atoms with Crippen molar-refractivity contribution in [1.82, 2.24) is 14.8 Å². The van der Waals surface area contributed by atoms with E-state index >= 15 is 0 Å². The van der Waals surface area contributed by atoms with Crippen molar-refractivity contribution in [2.45, 2.75) is 57.8 Å². The van der Waals surface area contributed by atoms with E-state index in [-0.39, 0.29) is 34.6 Å². The van der Waals surface area contributed by atoms with Crippen LogP contribution >= 0.6 is 23.1 Å². The fourth-order valence-corrected chi connectivity index (χ4v) is 5.97. The number of methoxy groups -OCH3 is 1. The second-order valence-electron chi connectivity index (χ2n) is 10.3. The number of hydrogen-bond acceptors (Lipinski definition) is 8. The first-order chi connectivity index (χ1) is 19.5. The first kappa shape index (κ1) is 30.3. The van der Waals surface area contributed by atoms with Crippen LogP contribution in [0.15, 0.2) is 59.1 Å². The molecule has 0 fully saturated rings. The molecule has 2 aromatic heterocycles. The number of aromatic nitrogens is 3. The molecule has 0 aliphatic heterocycles. The lowest BCUT2D eigenvalue weighted by Crippen LogP contribution is -2.17. The second-order valence-corrected chi connectivity index (χ2v) is 12.1. The highest BCUT2D eigenvalue weighted by atomic mass is 32.2. The summed E-state index contributed by atoms with van der Waals surface area (Å²) in [4.78, 5) is 25.5. The van der Waals surface area contributed by atoms with E-state index in [2.05, 4.69) is 48.4 Å².